The number of rotatable bonds is 4. The fraction of sp³-hybridized carbons (Fsp3) is 0.619. The molecule has 0 atom stereocenters. The van der Waals surface area contributed by atoms with Gasteiger partial charge in [0.15, 0.2) is 15.4 Å². The van der Waals surface area contributed by atoms with Crippen molar-refractivity contribution < 1.29 is 22.4 Å². The fourth-order valence-corrected chi connectivity index (χ4v) is 5.93. The highest BCUT2D eigenvalue weighted by molar-refractivity contribution is 7.92. The Bertz CT molecular complexity index is 1060. The van der Waals surface area contributed by atoms with E-state index in [-0.39, 0.29) is 26.8 Å². The molecule has 1 N–H and O–H groups in total. The van der Waals surface area contributed by atoms with Crippen LogP contribution in [0.5, 0.6) is 0 Å². The van der Waals surface area contributed by atoms with Gasteiger partial charge in [0.05, 0.1) is 10.3 Å². The maximum absolute atomic E-state index is 13.3. The van der Waals surface area contributed by atoms with Crippen molar-refractivity contribution in [2.75, 3.05) is 6.54 Å². The van der Waals surface area contributed by atoms with Crippen LogP contribution in [0, 0.1) is 5.92 Å². The second kappa shape index (κ2) is 7.71. The second-order valence-corrected chi connectivity index (χ2v) is 12.5. The maximum atomic E-state index is 13.3. The summed E-state index contributed by atoms with van der Waals surface area (Å²) in [5.41, 5.74) is -0.247. The average molecular weight is 457 g/mol. The number of oxazole rings is 1. The van der Waals surface area contributed by atoms with Crippen molar-refractivity contribution in [2.24, 2.45) is 5.92 Å². The Morgan fingerprint density at radius 3 is 2.43 bits per heavy atom. The zero-order chi connectivity index (χ0) is 22.5. The predicted octanol–water partition coefficient (Wildman–Crippen LogP) is 4.86. The number of fused-ring (bicyclic) bond motifs is 1. The molecular weight excluding hydrogens is 428 g/mol. The highest BCUT2D eigenvalue weighted by Crippen LogP contribution is 2.41. The van der Waals surface area contributed by atoms with Crippen LogP contribution < -0.4 is 5.32 Å². The van der Waals surface area contributed by atoms with Crippen molar-refractivity contribution in [3.8, 4) is 0 Å². The molecule has 2 aromatic rings. The molecule has 1 aliphatic carbocycles. The van der Waals surface area contributed by atoms with Crippen molar-refractivity contribution in [1.29, 1.82) is 0 Å². The van der Waals surface area contributed by atoms with Gasteiger partial charge in [0.2, 0.25) is 5.89 Å². The van der Waals surface area contributed by atoms with Crippen LogP contribution in [0.4, 0.5) is 4.79 Å². The zero-order valence-corrected chi connectivity index (χ0v) is 19.8. The molecule has 7 nitrogen and oxygen atoms in total. The lowest BCUT2D eigenvalue weighted by Gasteiger charge is -2.35. The number of benzene rings is 1. The van der Waals surface area contributed by atoms with Crippen LogP contribution in [0.1, 0.15) is 60.3 Å². The van der Waals surface area contributed by atoms with Crippen LogP contribution in [-0.2, 0) is 20.0 Å². The van der Waals surface area contributed by atoms with E-state index in [1.165, 1.54) is 0 Å². The number of nitrogens with zero attached hydrogens (tertiary/aromatic N) is 1. The van der Waals surface area contributed by atoms with Crippen molar-refractivity contribution in [3.63, 3.8) is 0 Å². The van der Waals surface area contributed by atoms with Gasteiger partial charge in [-0.25, -0.2) is 18.2 Å². The Kier molecular flexibility index (Phi) is 5.88. The van der Waals surface area contributed by atoms with Crippen LogP contribution in [-0.4, -0.2) is 36.9 Å². The Balaban J connectivity index is 1.74. The standard InChI is InChI=1S/C21H29ClN2O5S/c1-20(2,3)18-24-15-8-7-14(22)17(16(15)28-18)30(26,27)13-9-12(10-13)11-23-19(25)29-21(4,5)6/h7-8,12-13H,9-11H2,1-6H3,(H,23,25). The first-order valence-corrected chi connectivity index (χ1v) is 11.9. The van der Waals surface area contributed by atoms with E-state index in [9.17, 15) is 13.2 Å². The molecule has 1 amide bonds. The molecule has 0 spiro atoms. The molecule has 0 unspecified atom stereocenters. The molecule has 3 rings (SSSR count). The molecule has 1 heterocycles. The quantitative estimate of drug-likeness (QED) is 0.705. The first-order chi connectivity index (χ1) is 13.7. The third kappa shape index (κ3) is 4.75. The minimum Gasteiger partial charge on any atom is -0.444 e. The number of halogens is 1. The summed E-state index contributed by atoms with van der Waals surface area (Å²) in [5, 5.41) is 2.26. The summed E-state index contributed by atoms with van der Waals surface area (Å²) in [5.74, 6) is 0.527. The van der Waals surface area contributed by atoms with Gasteiger partial charge in [-0.2, -0.15) is 0 Å². The van der Waals surface area contributed by atoms with Gasteiger partial charge in [-0.1, -0.05) is 32.4 Å². The molecule has 0 bridgehead atoms. The summed E-state index contributed by atoms with van der Waals surface area (Å²) in [6, 6.07) is 3.22. The van der Waals surface area contributed by atoms with Crippen LogP contribution >= 0.6 is 11.6 Å². The van der Waals surface area contributed by atoms with Gasteiger partial charge in [0.25, 0.3) is 0 Å². The highest BCUT2D eigenvalue weighted by atomic mass is 35.5. The Hall–Kier alpha value is -1.80. The third-order valence-electron chi connectivity index (χ3n) is 4.96. The lowest BCUT2D eigenvalue weighted by molar-refractivity contribution is 0.0511. The van der Waals surface area contributed by atoms with Crippen molar-refractivity contribution in [1.82, 2.24) is 10.3 Å². The zero-order valence-electron chi connectivity index (χ0n) is 18.2. The van der Waals surface area contributed by atoms with Gasteiger partial charge < -0.3 is 14.5 Å². The van der Waals surface area contributed by atoms with Gasteiger partial charge >= 0.3 is 6.09 Å². The van der Waals surface area contributed by atoms with Gasteiger partial charge in [-0.15, -0.1) is 0 Å². The molecule has 1 aromatic carbocycles. The lowest BCUT2D eigenvalue weighted by Crippen LogP contribution is -2.43. The number of hydrogen-bond donors (Lipinski definition) is 1. The van der Waals surface area contributed by atoms with Gasteiger partial charge in [0.1, 0.15) is 16.0 Å². The Morgan fingerprint density at radius 2 is 1.87 bits per heavy atom. The average Bonchev–Trinajstić information content (AvgIpc) is 2.94. The summed E-state index contributed by atoms with van der Waals surface area (Å²) in [6.07, 6.45) is 0.369. The topological polar surface area (TPSA) is 98.5 Å². The summed E-state index contributed by atoms with van der Waals surface area (Å²) >= 11 is 6.30. The SMILES string of the molecule is CC(C)(C)OC(=O)NCC1CC(S(=O)(=O)c2c(Cl)ccc3nc(C(C)(C)C)oc23)C1. The normalized spacial score (nSPS) is 20.1. The minimum atomic E-state index is -3.70. The number of carbonyl (C=O) groups is 1. The van der Waals surface area contributed by atoms with Gasteiger partial charge in [0, 0.05) is 12.0 Å². The summed E-state index contributed by atoms with van der Waals surface area (Å²) in [4.78, 5) is 16.2. The van der Waals surface area contributed by atoms with E-state index < -0.39 is 26.8 Å². The first-order valence-electron chi connectivity index (χ1n) is 9.99. The van der Waals surface area contributed by atoms with Crippen molar-refractivity contribution >= 4 is 38.6 Å². The number of sulfone groups is 1. The molecule has 1 fully saturated rings. The fourth-order valence-electron chi connectivity index (χ4n) is 3.33. The number of hydrogen-bond acceptors (Lipinski definition) is 6. The van der Waals surface area contributed by atoms with E-state index in [0.717, 1.165) is 0 Å². The van der Waals surface area contributed by atoms with Crippen molar-refractivity contribution in [2.45, 2.75) is 75.5 Å². The number of amides is 1. The molecule has 1 aromatic heterocycles. The van der Waals surface area contributed by atoms with E-state index in [2.05, 4.69) is 10.3 Å². The summed E-state index contributed by atoms with van der Waals surface area (Å²) in [6.45, 7) is 11.6. The van der Waals surface area contributed by atoms with Crippen LogP contribution in [0.25, 0.3) is 11.1 Å². The number of carbonyl (C=O) groups excluding carboxylic acids is 1. The molecule has 0 saturated heterocycles. The summed E-state index contributed by atoms with van der Waals surface area (Å²) < 4.78 is 37.7. The third-order valence-corrected chi connectivity index (χ3v) is 7.62. The molecule has 30 heavy (non-hydrogen) atoms. The summed E-state index contributed by atoms with van der Waals surface area (Å²) in [7, 11) is -3.70. The molecule has 1 saturated carbocycles. The van der Waals surface area contributed by atoms with Crippen LogP contribution in [0.15, 0.2) is 21.4 Å². The molecule has 0 aliphatic heterocycles. The number of alkyl carbamates (subject to hydrolysis) is 1. The minimum absolute atomic E-state index is 0.00761. The largest absolute Gasteiger partial charge is 0.444 e. The van der Waals surface area contributed by atoms with E-state index in [1.54, 1.807) is 32.9 Å². The number of aromatic nitrogens is 1. The molecule has 9 heteroatoms. The molecule has 0 radical (unpaired) electrons. The molecule has 1 aliphatic rings. The van der Waals surface area contributed by atoms with Gasteiger partial charge in [-0.05, 0) is 51.7 Å². The Morgan fingerprint density at radius 1 is 1.23 bits per heavy atom. The van der Waals surface area contributed by atoms with Crippen molar-refractivity contribution in [3.05, 3.63) is 23.0 Å². The maximum Gasteiger partial charge on any atom is 0.407 e. The predicted molar refractivity (Wildman–Crippen MR) is 116 cm³/mol. The van der Waals surface area contributed by atoms with E-state index in [4.69, 9.17) is 20.8 Å². The van der Waals surface area contributed by atoms with E-state index in [0.29, 0.717) is 30.8 Å². The number of ether oxygens (including phenoxy) is 1. The monoisotopic (exact) mass is 456 g/mol. The second-order valence-electron chi connectivity index (χ2n) is 9.88. The van der Waals surface area contributed by atoms with E-state index >= 15 is 0 Å². The lowest BCUT2D eigenvalue weighted by atomic mass is 9.85. The molecular formula is C21H29ClN2O5S. The smallest absolute Gasteiger partial charge is 0.407 e. The molecule has 166 valence electrons. The first kappa shape index (κ1) is 22.9. The van der Waals surface area contributed by atoms with E-state index in [1.807, 2.05) is 20.8 Å². The van der Waals surface area contributed by atoms with Crippen LogP contribution in [0.3, 0.4) is 0 Å². The van der Waals surface area contributed by atoms with Crippen LogP contribution in [0.2, 0.25) is 5.02 Å². The Labute approximate surface area is 182 Å². The van der Waals surface area contributed by atoms with Gasteiger partial charge in [-0.3, -0.25) is 0 Å². The number of nitrogens with one attached hydrogen (secondary N) is 1. The highest BCUT2D eigenvalue weighted by Gasteiger charge is 2.42.